The van der Waals surface area contributed by atoms with E-state index in [0.717, 1.165) is 11.1 Å². The van der Waals surface area contributed by atoms with Gasteiger partial charge in [0.15, 0.2) is 12.0 Å². The van der Waals surface area contributed by atoms with E-state index in [-0.39, 0.29) is 18.3 Å². The molecule has 5 nitrogen and oxygen atoms in total. The predicted octanol–water partition coefficient (Wildman–Crippen LogP) is 2.93. The van der Waals surface area contributed by atoms with Gasteiger partial charge in [0, 0.05) is 18.2 Å². The summed E-state index contributed by atoms with van der Waals surface area (Å²) in [6.45, 7) is 7.07. The van der Waals surface area contributed by atoms with E-state index in [1.165, 1.54) is 18.5 Å². The second-order valence-corrected chi connectivity index (χ2v) is 5.19. The van der Waals surface area contributed by atoms with Gasteiger partial charge in [-0.25, -0.2) is 4.85 Å². The Balaban J connectivity index is 1.79. The van der Waals surface area contributed by atoms with Gasteiger partial charge in [-0.2, -0.15) is 0 Å². The standard InChI is InChI=1S/C19H18N2O3/c1-20-11-10-17-16(7-8-18(17)22)9-12-21-19(23)14-24-13-15-5-3-2-4-6-15/h2-6,9-12H,7-8,13-14H2,(H,21,23)/b11-10+,12-9+. The lowest BCUT2D eigenvalue weighted by Gasteiger charge is -2.03. The lowest BCUT2D eigenvalue weighted by molar-refractivity contribution is -0.125. The van der Waals surface area contributed by atoms with Crippen LogP contribution in [0.25, 0.3) is 4.85 Å². The fourth-order valence-electron chi connectivity index (χ4n) is 2.29. The van der Waals surface area contributed by atoms with Crippen LogP contribution < -0.4 is 5.32 Å². The topological polar surface area (TPSA) is 59.8 Å². The second-order valence-electron chi connectivity index (χ2n) is 5.19. The minimum atomic E-state index is -0.259. The third-order valence-corrected chi connectivity index (χ3v) is 3.46. The average Bonchev–Trinajstić information content (AvgIpc) is 2.94. The fourth-order valence-corrected chi connectivity index (χ4v) is 2.29. The van der Waals surface area contributed by atoms with Gasteiger partial charge >= 0.3 is 0 Å². The van der Waals surface area contributed by atoms with E-state index in [1.807, 2.05) is 30.3 Å². The van der Waals surface area contributed by atoms with Crippen LogP contribution in [0.3, 0.4) is 0 Å². The molecule has 2 rings (SSSR count). The smallest absolute Gasteiger partial charge is 0.249 e. The summed E-state index contributed by atoms with van der Waals surface area (Å²) in [6.07, 6.45) is 7.05. The van der Waals surface area contributed by atoms with Gasteiger partial charge < -0.3 is 10.1 Å². The van der Waals surface area contributed by atoms with Crippen molar-refractivity contribution in [3.8, 4) is 0 Å². The number of ketones is 1. The van der Waals surface area contributed by atoms with Crippen molar-refractivity contribution in [3.05, 3.63) is 83.0 Å². The zero-order valence-corrected chi connectivity index (χ0v) is 13.2. The Morgan fingerprint density at radius 2 is 2.04 bits per heavy atom. The van der Waals surface area contributed by atoms with Crippen molar-refractivity contribution in [2.75, 3.05) is 6.61 Å². The van der Waals surface area contributed by atoms with Crippen LogP contribution in [0, 0.1) is 6.57 Å². The number of carbonyl (C=O) groups is 2. The molecule has 0 heterocycles. The van der Waals surface area contributed by atoms with Gasteiger partial charge in [0.1, 0.15) is 6.61 Å². The summed E-state index contributed by atoms with van der Waals surface area (Å²) in [6, 6.07) is 9.61. The Bertz CT molecular complexity index is 725. The summed E-state index contributed by atoms with van der Waals surface area (Å²) in [5, 5.41) is 2.61. The largest absolute Gasteiger partial charge is 0.367 e. The molecule has 0 atom stereocenters. The van der Waals surface area contributed by atoms with Gasteiger partial charge in [-0.15, -0.1) is 0 Å². The van der Waals surface area contributed by atoms with Crippen LogP contribution in [0.1, 0.15) is 18.4 Å². The van der Waals surface area contributed by atoms with E-state index >= 15 is 0 Å². The van der Waals surface area contributed by atoms with Gasteiger partial charge in [-0.05, 0) is 23.6 Å². The lowest BCUT2D eigenvalue weighted by atomic mass is 10.1. The quantitative estimate of drug-likeness (QED) is 0.785. The van der Waals surface area contributed by atoms with Crippen molar-refractivity contribution in [2.45, 2.75) is 19.4 Å². The first kappa shape index (κ1) is 17.4. The third-order valence-electron chi connectivity index (χ3n) is 3.46. The molecular formula is C19H18N2O3. The van der Waals surface area contributed by atoms with E-state index < -0.39 is 0 Å². The zero-order valence-electron chi connectivity index (χ0n) is 13.2. The summed E-state index contributed by atoms with van der Waals surface area (Å²) in [4.78, 5) is 26.5. The third kappa shape index (κ3) is 5.34. The molecule has 0 aliphatic heterocycles. The number of rotatable bonds is 7. The van der Waals surface area contributed by atoms with Gasteiger partial charge in [0.25, 0.3) is 0 Å². The minimum Gasteiger partial charge on any atom is -0.367 e. The summed E-state index contributed by atoms with van der Waals surface area (Å²) in [7, 11) is 0. The number of allylic oxidation sites excluding steroid dienone is 4. The molecule has 1 aliphatic rings. The lowest BCUT2D eigenvalue weighted by Crippen LogP contribution is -2.22. The first-order valence-electron chi connectivity index (χ1n) is 7.57. The number of carbonyl (C=O) groups excluding carboxylic acids is 2. The van der Waals surface area contributed by atoms with Gasteiger partial charge in [0.2, 0.25) is 5.91 Å². The SMILES string of the molecule is [C-]#[N+]/C=C/C1=C(/C=C/NC(=O)COCc2ccccc2)CCC1=O. The molecule has 122 valence electrons. The van der Waals surface area contributed by atoms with Crippen LogP contribution >= 0.6 is 0 Å². The highest BCUT2D eigenvalue weighted by Crippen LogP contribution is 2.24. The molecule has 1 N–H and O–H groups in total. The van der Waals surface area contributed by atoms with Gasteiger partial charge in [0.05, 0.1) is 13.2 Å². The van der Waals surface area contributed by atoms with Crippen LogP contribution in [-0.4, -0.2) is 18.3 Å². The number of hydrogen-bond donors (Lipinski definition) is 1. The maximum Gasteiger partial charge on any atom is 0.249 e. The van der Waals surface area contributed by atoms with Crippen molar-refractivity contribution in [3.63, 3.8) is 0 Å². The fraction of sp³-hybridized carbons (Fsp3) is 0.211. The number of Topliss-reactive ketones (excluding diaryl/α,β-unsaturated/α-hetero) is 1. The molecule has 0 spiro atoms. The average molecular weight is 322 g/mol. The van der Waals surface area contributed by atoms with Crippen LogP contribution in [0.4, 0.5) is 0 Å². The summed E-state index contributed by atoms with van der Waals surface area (Å²) < 4.78 is 5.34. The number of nitrogens with one attached hydrogen (secondary N) is 1. The molecule has 24 heavy (non-hydrogen) atoms. The van der Waals surface area contributed by atoms with E-state index in [4.69, 9.17) is 11.3 Å². The summed E-state index contributed by atoms with van der Waals surface area (Å²) in [5.41, 5.74) is 2.37. The Kier molecular flexibility index (Phi) is 6.69. The minimum absolute atomic E-state index is 0.0204. The van der Waals surface area contributed by atoms with Crippen molar-refractivity contribution >= 4 is 11.7 Å². The van der Waals surface area contributed by atoms with Crippen LogP contribution in [0.5, 0.6) is 0 Å². The first-order chi connectivity index (χ1) is 11.7. The molecule has 1 amide bonds. The van der Waals surface area contributed by atoms with E-state index in [0.29, 0.717) is 25.0 Å². The number of ether oxygens (including phenoxy) is 1. The maximum absolute atomic E-state index is 11.7. The van der Waals surface area contributed by atoms with E-state index in [2.05, 4.69) is 10.2 Å². The van der Waals surface area contributed by atoms with Crippen LogP contribution in [0.15, 0.2) is 66.0 Å². The first-order valence-corrected chi connectivity index (χ1v) is 7.57. The van der Waals surface area contributed by atoms with Crippen molar-refractivity contribution < 1.29 is 14.3 Å². The Morgan fingerprint density at radius 3 is 2.79 bits per heavy atom. The number of nitrogens with zero attached hydrogens (tertiary/aromatic N) is 1. The van der Waals surface area contributed by atoms with Crippen molar-refractivity contribution in [1.29, 1.82) is 0 Å². The molecule has 0 saturated heterocycles. The van der Waals surface area contributed by atoms with Crippen LogP contribution in [0.2, 0.25) is 0 Å². The van der Waals surface area contributed by atoms with Crippen LogP contribution in [-0.2, 0) is 20.9 Å². The summed E-state index contributed by atoms with van der Waals surface area (Å²) >= 11 is 0. The van der Waals surface area contributed by atoms with Gasteiger partial charge in [-0.3, -0.25) is 9.59 Å². The highest BCUT2D eigenvalue weighted by atomic mass is 16.5. The zero-order chi connectivity index (χ0) is 17.2. The molecule has 5 heteroatoms. The second kappa shape index (κ2) is 9.23. The maximum atomic E-state index is 11.7. The molecule has 0 unspecified atom stereocenters. The highest BCUT2D eigenvalue weighted by molar-refractivity contribution is 6.01. The summed E-state index contributed by atoms with van der Waals surface area (Å²) in [5.74, 6) is -0.238. The highest BCUT2D eigenvalue weighted by Gasteiger charge is 2.18. The Morgan fingerprint density at radius 1 is 1.25 bits per heavy atom. The number of hydrogen-bond acceptors (Lipinski definition) is 3. The van der Waals surface area contributed by atoms with Crippen molar-refractivity contribution in [2.24, 2.45) is 0 Å². The molecule has 1 aliphatic carbocycles. The normalized spacial score (nSPS) is 14.5. The van der Waals surface area contributed by atoms with E-state index in [9.17, 15) is 9.59 Å². The molecule has 0 fully saturated rings. The molecule has 0 saturated carbocycles. The molecule has 0 bridgehead atoms. The van der Waals surface area contributed by atoms with Crippen molar-refractivity contribution in [1.82, 2.24) is 5.32 Å². The Hall–Kier alpha value is -2.97. The van der Waals surface area contributed by atoms with E-state index in [1.54, 1.807) is 6.08 Å². The molecule has 0 aromatic heterocycles. The molecule has 1 aromatic rings. The molecular weight excluding hydrogens is 304 g/mol. The molecule has 0 radical (unpaired) electrons. The number of benzene rings is 1. The van der Waals surface area contributed by atoms with Gasteiger partial charge in [-0.1, -0.05) is 36.4 Å². The number of amides is 1. The Labute approximate surface area is 141 Å². The molecule has 1 aromatic carbocycles. The monoisotopic (exact) mass is 322 g/mol. The predicted molar refractivity (Wildman–Crippen MR) is 90.4 cm³/mol.